The molecule has 28 heavy (non-hydrogen) atoms. The number of hydrogen-bond donors (Lipinski definition) is 1. The molecule has 0 aromatic heterocycles. The highest BCUT2D eigenvalue weighted by Gasteiger charge is 2.32. The van der Waals surface area contributed by atoms with Crippen LogP contribution in [0.25, 0.3) is 0 Å². The van der Waals surface area contributed by atoms with E-state index in [1.54, 1.807) is 13.8 Å². The van der Waals surface area contributed by atoms with Gasteiger partial charge in [0.1, 0.15) is 11.6 Å². The van der Waals surface area contributed by atoms with Crippen molar-refractivity contribution in [3.05, 3.63) is 59.7 Å². The molecule has 2 aromatic rings. The summed E-state index contributed by atoms with van der Waals surface area (Å²) in [6.45, 7) is 4.11. The predicted molar refractivity (Wildman–Crippen MR) is 99.5 cm³/mol. The third kappa shape index (κ3) is 4.54. The molecule has 0 saturated carbocycles. The maximum absolute atomic E-state index is 13.2. The number of nitrogens with zero attached hydrogens (tertiary/aromatic N) is 1. The molecule has 6 nitrogen and oxygen atoms in total. The van der Waals surface area contributed by atoms with E-state index in [9.17, 15) is 22.0 Å². The summed E-state index contributed by atoms with van der Waals surface area (Å²) < 4.78 is 59.0. The first kappa shape index (κ1) is 20.4. The van der Waals surface area contributed by atoms with Crippen LogP contribution in [0.4, 0.5) is 14.5 Å². The summed E-state index contributed by atoms with van der Waals surface area (Å²) in [5.41, 5.74) is 0.128. The zero-order valence-electron chi connectivity index (χ0n) is 15.4. The highest BCUT2D eigenvalue weighted by molar-refractivity contribution is 7.89. The fourth-order valence-corrected chi connectivity index (χ4v) is 4.67. The summed E-state index contributed by atoms with van der Waals surface area (Å²) >= 11 is 0. The van der Waals surface area contributed by atoms with Crippen LogP contribution in [-0.4, -0.2) is 43.9 Å². The zero-order chi connectivity index (χ0) is 20.5. The number of ether oxygens (including phenoxy) is 1. The first-order valence-corrected chi connectivity index (χ1v) is 10.1. The third-order valence-corrected chi connectivity index (χ3v) is 6.11. The van der Waals surface area contributed by atoms with Gasteiger partial charge >= 0.3 is 0 Å². The molecule has 3 rings (SSSR count). The van der Waals surface area contributed by atoms with Crippen molar-refractivity contribution in [2.75, 3.05) is 18.4 Å². The summed E-state index contributed by atoms with van der Waals surface area (Å²) in [6, 6.07) is 8.04. The summed E-state index contributed by atoms with van der Waals surface area (Å²) in [5, 5.41) is 2.38. The van der Waals surface area contributed by atoms with E-state index in [2.05, 4.69) is 5.32 Å². The molecule has 2 aromatic carbocycles. The molecule has 150 valence electrons. The van der Waals surface area contributed by atoms with Crippen LogP contribution < -0.4 is 5.32 Å². The van der Waals surface area contributed by atoms with Gasteiger partial charge in [0.2, 0.25) is 10.0 Å². The van der Waals surface area contributed by atoms with Crippen molar-refractivity contribution in [1.82, 2.24) is 4.31 Å². The Hall–Kier alpha value is -2.36. The number of carbonyl (C=O) groups is 1. The highest BCUT2D eigenvalue weighted by atomic mass is 32.2. The predicted octanol–water partition coefficient (Wildman–Crippen LogP) is 3.02. The second-order valence-corrected chi connectivity index (χ2v) is 8.65. The SMILES string of the molecule is CC1CN(S(=O)(=O)c2ccc(C(=O)Nc3cc(F)cc(F)c3)cc2)CC(C)O1. The minimum Gasteiger partial charge on any atom is -0.373 e. The third-order valence-electron chi connectivity index (χ3n) is 4.26. The van der Waals surface area contributed by atoms with Gasteiger partial charge in [-0.25, -0.2) is 17.2 Å². The smallest absolute Gasteiger partial charge is 0.255 e. The number of anilines is 1. The Morgan fingerprint density at radius 2 is 1.57 bits per heavy atom. The Morgan fingerprint density at radius 1 is 1.04 bits per heavy atom. The Balaban J connectivity index is 1.76. The summed E-state index contributed by atoms with van der Waals surface area (Å²) in [4.78, 5) is 12.3. The second kappa shape index (κ2) is 7.94. The van der Waals surface area contributed by atoms with Gasteiger partial charge in [0.05, 0.1) is 17.1 Å². The molecule has 0 aliphatic carbocycles. The molecule has 1 amide bonds. The van der Waals surface area contributed by atoms with Crippen LogP contribution in [0.5, 0.6) is 0 Å². The molecule has 1 saturated heterocycles. The molecule has 1 N–H and O–H groups in total. The molecule has 0 spiro atoms. The van der Waals surface area contributed by atoms with Crippen LogP contribution in [0.15, 0.2) is 47.4 Å². The van der Waals surface area contributed by atoms with E-state index < -0.39 is 27.6 Å². The fourth-order valence-electron chi connectivity index (χ4n) is 3.08. The van der Waals surface area contributed by atoms with Gasteiger partial charge < -0.3 is 10.1 Å². The minimum atomic E-state index is -3.72. The number of halogens is 2. The van der Waals surface area contributed by atoms with Crippen LogP contribution in [0, 0.1) is 11.6 Å². The van der Waals surface area contributed by atoms with Crippen molar-refractivity contribution in [2.24, 2.45) is 0 Å². The van der Waals surface area contributed by atoms with Gasteiger partial charge in [0.25, 0.3) is 5.91 Å². The van der Waals surface area contributed by atoms with E-state index in [0.717, 1.165) is 12.1 Å². The first-order valence-electron chi connectivity index (χ1n) is 8.68. The van der Waals surface area contributed by atoms with E-state index in [1.165, 1.54) is 28.6 Å². The molecular weight excluding hydrogens is 390 g/mol. The average molecular weight is 410 g/mol. The van der Waals surface area contributed by atoms with Crippen molar-refractivity contribution in [1.29, 1.82) is 0 Å². The number of morpholine rings is 1. The molecular formula is C19H20F2N2O4S. The number of sulfonamides is 1. The molecule has 1 fully saturated rings. The van der Waals surface area contributed by atoms with E-state index >= 15 is 0 Å². The summed E-state index contributed by atoms with van der Waals surface area (Å²) in [6.07, 6.45) is -0.425. The minimum absolute atomic E-state index is 0.0320. The Labute approximate surface area is 162 Å². The number of carbonyl (C=O) groups excluding carboxylic acids is 1. The van der Waals surface area contributed by atoms with E-state index in [4.69, 9.17) is 4.74 Å². The number of amides is 1. The van der Waals surface area contributed by atoms with Gasteiger partial charge in [-0.2, -0.15) is 4.31 Å². The lowest BCUT2D eigenvalue weighted by molar-refractivity contribution is -0.0440. The van der Waals surface area contributed by atoms with Crippen LogP contribution >= 0.6 is 0 Å². The van der Waals surface area contributed by atoms with Gasteiger partial charge in [-0.3, -0.25) is 4.79 Å². The largest absolute Gasteiger partial charge is 0.373 e. The molecule has 9 heteroatoms. The summed E-state index contributed by atoms with van der Waals surface area (Å²) in [7, 11) is -3.72. The van der Waals surface area contributed by atoms with Crippen LogP contribution in [0.1, 0.15) is 24.2 Å². The standard InChI is InChI=1S/C19H20F2N2O4S/c1-12-10-23(11-13(2)27-12)28(25,26)18-5-3-14(4-6-18)19(24)22-17-8-15(20)7-16(21)9-17/h3-9,12-13H,10-11H2,1-2H3,(H,22,24). The van der Waals surface area contributed by atoms with Crippen LogP contribution in [0.3, 0.4) is 0 Å². The van der Waals surface area contributed by atoms with E-state index in [0.29, 0.717) is 6.07 Å². The molecule has 1 aliphatic rings. The van der Waals surface area contributed by atoms with Crippen LogP contribution in [0.2, 0.25) is 0 Å². The monoisotopic (exact) mass is 410 g/mol. The van der Waals surface area contributed by atoms with Gasteiger partial charge in [0.15, 0.2) is 0 Å². The van der Waals surface area contributed by atoms with Gasteiger partial charge in [-0.05, 0) is 50.2 Å². The lowest BCUT2D eigenvalue weighted by Gasteiger charge is -2.34. The molecule has 0 bridgehead atoms. The van der Waals surface area contributed by atoms with Crippen molar-refractivity contribution >= 4 is 21.6 Å². The van der Waals surface area contributed by atoms with Crippen molar-refractivity contribution in [3.63, 3.8) is 0 Å². The Bertz CT molecular complexity index is 950. The molecule has 0 radical (unpaired) electrons. The van der Waals surface area contributed by atoms with Crippen molar-refractivity contribution < 1.29 is 26.7 Å². The Kier molecular flexibility index (Phi) is 5.78. The molecule has 2 unspecified atom stereocenters. The number of nitrogens with one attached hydrogen (secondary N) is 1. The van der Waals surface area contributed by atoms with Crippen LogP contribution in [-0.2, 0) is 14.8 Å². The molecule has 1 heterocycles. The van der Waals surface area contributed by atoms with E-state index in [-0.39, 0.29) is 41.4 Å². The van der Waals surface area contributed by atoms with Gasteiger partial charge in [0, 0.05) is 30.4 Å². The maximum Gasteiger partial charge on any atom is 0.255 e. The topological polar surface area (TPSA) is 75.7 Å². The highest BCUT2D eigenvalue weighted by Crippen LogP contribution is 2.22. The lowest BCUT2D eigenvalue weighted by atomic mass is 10.2. The van der Waals surface area contributed by atoms with Gasteiger partial charge in [-0.1, -0.05) is 0 Å². The average Bonchev–Trinajstić information content (AvgIpc) is 2.60. The second-order valence-electron chi connectivity index (χ2n) is 6.72. The molecule has 1 aliphatic heterocycles. The fraction of sp³-hybridized carbons (Fsp3) is 0.316. The van der Waals surface area contributed by atoms with Gasteiger partial charge in [-0.15, -0.1) is 0 Å². The lowest BCUT2D eigenvalue weighted by Crippen LogP contribution is -2.48. The first-order chi connectivity index (χ1) is 13.1. The number of rotatable bonds is 4. The number of benzene rings is 2. The Morgan fingerprint density at radius 3 is 2.11 bits per heavy atom. The quantitative estimate of drug-likeness (QED) is 0.841. The zero-order valence-corrected chi connectivity index (χ0v) is 16.2. The maximum atomic E-state index is 13.2. The van der Waals surface area contributed by atoms with E-state index in [1.807, 2.05) is 0 Å². The normalized spacial score (nSPS) is 20.7. The molecule has 2 atom stereocenters. The van der Waals surface area contributed by atoms with Crippen molar-refractivity contribution in [2.45, 2.75) is 31.0 Å². The summed E-state index contributed by atoms with van der Waals surface area (Å²) in [5.74, 6) is -2.24. The van der Waals surface area contributed by atoms with Crippen molar-refractivity contribution in [3.8, 4) is 0 Å². The number of hydrogen-bond acceptors (Lipinski definition) is 4.